The van der Waals surface area contributed by atoms with Gasteiger partial charge < -0.3 is 5.73 Å². The summed E-state index contributed by atoms with van der Waals surface area (Å²) in [7, 11) is 1.98. The number of halogens is 2. The summed E-state index contributed by atoms with van der Waals surface area (Å²) in [6.07, 6.45) is 3.57. The van der Waals surface area contributed by atoms with Crippen LogP contribution in [0.4, 0.5) is 4.39 Å². The summed E-state index contributed by atoms with van der Waals surface area (Å²) in [4.78, 5) is 6.19. The van der Waals surface area contributed by atoms with Crippen LogP contribution in [0.25, 0.3) is 0 Å². The third-order valence-corrected chi connectivity index (χ3v) is 3.88. The summed E-state index contributed by atoms with van der Waals surface area (Å²) < 4.78 is 14.1. The van der Waals surface area contributed by atoms with E-state index >= 15 is 0 Å². The largest absolute Gasteiger partial charge is 0.329 e. The molecule has 0 saturated carbocycles. The Morgan fingerprint density at radius 3 is 2.80 bits per heavy atom. The van der Waals surface area contributed by atoms with Gasteiger partial charge in [-0.3, -0.25) is 9.88 Å². The molecule has 1 heterocycles. The molecule has 0 spiro atoms. The molecule has 0 radical (unpaired) electrons. The quantitative estimate of drug-likeness (QED) is 0.911. The lowest BCUT2D eigenvalue weighted by Crippen LogP contribution is -2.30. The van der Waals surface area contributed by atoms with Gasteiger partial charge in [0.05, 0.1) is 4.47 Å². The SMILES string of the molecule is CN(Cc1cccnc1)C(CN)c1ccc(Br)c(F)c1. The Bertz CT molecular complexity index is 562. The van der Waals surface area contributed by atoms with Gasteiger partial charge in [-0.25, -0.2) is 4.39 Å². The molecule has 1 atom stereocenters. The molecule has 0 fully saturated rings. The fourth-order valence-electron chi connectivity index (χ4n) is 2.18. The van der Waals surface area contributed by atoms with E-state index in [0.717, 1.165) is 11.1 Å². The Morgan fingerprint density at radius 1 is 1.40 bits per heavy atom. The molecule has 0 bridgehead atoms. The molecule has 0 aliphatic heterocycles. The highest BCUT2D eigenvalue weighted by molar-refractivity contribution is 9.10. The molecule has 0 amide bonds. The summed E-state index contributed by atoms with van der Waals surface area (Å²) in [6.45, 7) is 1.14. The zero-order valence-corrected chi connectivity index (χ0v) is 12.8. The second-order valence-electron chi connectivity index (χ2n) is 4.70. The number of hydrogen-bond acceptors (Lipinski definition) is 3. The minimum atomic E-state index is -0.268. The Morgan fingerprint density at radius 2 is 2.20 bits per heavy atom. The number of aromatic nitrogens is 1. The minimum absolute atomic E-state index is 0.0298. The van der Waals surface area contributed by atoms with E-state index in [2.05, 4.69) is 25.8 Å². The Hall–Kier alpha value is -1.30. The first-order valence-corrected chi connectivity index (χ1v) is 7.15. The molecule has 0 aliphatic carbocycles. The van der Waals surface area contributed by atoms with Crippen molar-refractivity contribution in [1.29, 1.82) is 0 Å². The van der Waals surface area contributed by atoms with Crippen molar-refractivity contribution >= 4 is 15.9 Å². The average Bonchev–Trinajstić information content (AvgIpc) is 2.44. The molecule has 0 saturated heterocycles. The van der Waals surface area contributed by atoms with Gasteiger partial charge in [-0.2, -0.15) is 0 Å². The summed E-state index contributed by atoms with van der Waals surface area (Å²) in [5.41, 5.74) is 7.83. The molecule has 2 aromatic rings. The first kappa shape index (κ1) is 15.1. The lowest BCUT2D eigenvalue weighted by molar-refractivity contribution is 0.241. The van der Waals surface area contributed by atoms with Crippen LogP contribution in [0.5, 0.6) is 0 Å². The number of hydrogen-bond donors (Lipinski definition) is 1. The van der Waals surface area contributed by atoms with E-state index in [4.69, 9.17) is 5.73 Å². The topological polar surface area (TPSA) is 42.2 Å². The monoisotopic (exact) mass is 337 g/mol. The summed E-state index contributed by atoms with van der Waals surface area (Å²) in [5, 5.41) is 0. The predicted octanol–water partition coefficient (Wildman–Crippen LogP) is 3.12. The van der Waals surface area contributed by atoms with Gasteiger partial charge in [0, 0.05) is 31.5 Å². The Balaban J connectivity index is 2.16. The van der Waals surface area contributed by atoms with E-state index in [9.17, 15) is 4.39 Å². The third-order valence-electron chi connectivity index (χ3n) is 3.24. The average molecular weight is 338 g/mol. The van der Waals surface area contributed by atoms with Gasteiger partial charge in [-0.05, 0) is 52.3 Å². The number of nitrogens with zero attached hydrogens (tertiary/aromatic N) is 2. The zero-order valence-electron chi connectivity index (χ0n) is 11.3. The molecule has 106 valence electrons. The van der Waals surface area contributed by atoms with E-state index in [-0.39, 0.29) is 11.9 Å². The van der Waals surface area contributed by atoms with Gasteiger partial charge in [0.2, 0.25) is 0 Å². The lowest BCUT2D eigenvalue weighted by Gasteiger charge is -2.27. The van der Waals surface area contributed by atoms with E-state index in [0.29, 0.717) is 17.6 Å². The molecule has 1 aromatic carbocycles. The number of nitrogens with two attached hydrogens (primary N) is 1. The van der Waals surface area contributed by atoms with Crippen molar-refractivity contribution in [2.75, 3.05) is 13.6 Å². The second kappa shape index (κ2) is 6.92. The lowest BCUT2D eigenvalue weighted by atomic mass is 10.1. The zero-order chi connectivity index (χ0) is 14.5. The van der Waals surface area contributed by atoms with E-state index in [1.807, 2.05) is 31.4 Å². The maximum absolute atomic E-state index is 13.6. The van der Waals surface area contributed by atoms with Crippen LogP contribution in [0.1, 0.15) is 17.2 Å². The summed E-state index contributed by atoms with van der Waals surface area (Å²) >= 11 is 3.16. The highest BCUT2D eigenvalue weighted by atomic mass is 79.9. The van der Waals surface area contributed by atoms with Gasteiger partial charge in [0.15, 0.2) is 0 Å². The van der Waals surface area contributed by atoms with Crippen LogP contribution in [0.2, 0.25) is 0 Å². The van der Waals surface area contributed by atoms with Crippen molar-refractivity contribution in [1.82, 2.24) is 9.88 Å². The fraction of sp³-hybridized carbons (Fsp3) is 0.267. The van der Waals surface area contributed by atoms with Gasteiger partial charge in [0.25, 0.3) is 0 Å². The molecule has 3 nitrogen and oxygen atoms in total. The van der Waals surface area contributed by atoms with Gasteiger partial charge >= 0.3 is 0 Å². The van der Waals surface area contributed by atoms with Crippen LogP contribution >= 0.6 is 15.9 Å². The summed E-state index contributed by atoms with van der Waals surface area (Å²) in [5.74, 6) is -0.268. The van der Waals surface area contributed by atoms with E-state index in [1.165, 1.54) is 6.07 Å². The van der Waals surface area contributed by atoms with E-state index < -0.39 is 0 Å². The van der Waals surface area contributed by atoms with Crippen molar-refractivity contribution < 1.29 is 4.39 Å². The molecule has 5 heteroatoms. The number of likely N-dealkylation sites (N-methyl/N-ethyl adjacent to an activating group) is 1. The molecule has 1 aromatic heterocycles. The van der Waals surface area contributed by atoms with Crippen LogP contribution in [0.3, 0.4) is 0 Å². The van der Waals surface area contributed by atoms with Crippen LogP contribution in [0.15, 0.2) is 47.2 Å². The molecular weight excluding hydrogens is 321 g/mol. The number of pyridine rings is 1. The van der Waals surface area contributed by atoms with Crippen LogP contribution in [0, 0.1) is 5.82 Å². The van der Waals surface area contributed by atoms with Gasteiger partial charge in [0.1, 0.15) is 5.82 Å². The molecule has 2 N–H and O–H groups in total. The van der Waals surface area contributed by atoms with Gasteiger partial charge in [-0.1, -0.05) is 12.1 Å². The molecule has 0 aliphatic rings. The Labute approximate surface area is 126 Å². The van der Waals surface area contributed by atoms with Gasteiger partial charge in [-0.15, -0.1) is 0 Å². The smallest absolute Gasteiger partial charge is 0.137 e. The molecule has 1 unspecified atom stereocenters. The first-order valence-electron chi connectivity index (χ1n) is 6.36. The maximum atomic E-state index is 13.6. The van der Waals surface area contributed by atoms with Crippen molar-refractivity contribution in [2.45, 2.75) is 12.6 Å². The standard InChI is InChI=1S/C15H17BrFN3/c1-20(10-11-3-2-6-19-9-11)15(8-18)12-4-5-13(16)14(17)7-12/h2-7,9,15H,8,10,18H2,1H3. The molecule has 2 rings (SSSR count). The van der Waals surface area contributed by atoms with Crippen molar-refractivity contribution in [3.63, 3.8) is 0 Å². The van der Waals surface area contributed by atoms with Crippen molar-refractivity contribution in [3.8, 4) is 0 Å². The normalized spacial score (nSPS) is 12.7. The molecule has 20 heavy (non-hydrogen) atoms. The number of benzene rings is 1. The van der Waals surface area contributed by atoms with Crippen molar-refractivity contribution in [2.24, 2.45) is 5.73 Å². The predicted molar refractivity (Wildman–Crippen MR) is 81.6 cm³/mol. The van der Waals surface area contributed by atoms with Crippen molar-refractivity contribution in [3.05, 3.63) is 64.1 Å². The first-order chi connectivity index (χ1) is 9.61. The second-order valence-corrected chi connectivity index (χ2v) is 5.56. The maximum Gasteiger partial charge on any atom is 0.137 e. The van der Waals surface area contributed by atoms with Crippen LogP contribution in [-0.4, -0.2) is 23.5 Å². The minimum Gasteiger partial charge on any atom is -0.329 e. The molecular formula is C15H17BrFN3. The van der Waals surface area contributed by atoms with Crippen LogP contribution in [-0.2, 0) is 6.54 Å². The highest BCUT2D eigenvalue weighted by Gasteiger charge is 2.17. The summed E-state index contributed by atoms with van der Waals surface area (Å²) in [6, 6.07) is 9.02. The fourth-order valence-corrected chi connectivity index (χ4v) is 2.43. The number of rotatable bonds is 5. The van der Waals surface area contributed by atoms with Crippen LogP contribution < -0.4 is 5.73 Å². The Kier molecular flexibility index (Phi) is 5.23. The highest BCUT2D eigenvalue weighted by Crippen LogP contribution is 2.24. The van der Waals surface area contributed by atoms with E-state index in [1.54, 1.807) is 12.3 Å². The third kappa shape index (κ3) is 3.62.